The zero-order chi connectivity index (χ0) is 27.6. The predicted octanol–water partition coefficient (Wildman–Crippen LogP) is 5.69. The zero-order valence-corrected chi connectivity index (χ0v) is 21.6. The van der Waals surface area contributed by atoms with Crippen LogP contribution in [0.25, 0.3) is 11.0 Å². The number of halogens is 1. The molecular weight excluding hydrogens is 507 g/mol. The minimum atomic E-state index is -1.78. The van der Waals surface area contributed by atoms with E-state index < -0.39 is 28.6 Å². The molecule has 0 saturated heterocycles. The van der Waals surface area contributed by atoms with Gasteiger partial charge >= 0.3 is 0 Å². The van der Waals surface area contributed by atoms with E-state index in [1.165, 1.54) is 17.0 Å². The van der Waals surface area contributed by atoms with E-state index >= 15 is 0 Å². The van der Waals surface area contributed by atoms with Gasteiger partial charge in [0.1, 0.15) is 11.4 Å². The Kier molecular flexibility index (Phi) is 5.25. The smallest absolute Gasteiger partial charge is 0.291 e. The average molecular weight is 531 g/mol. The van der Waals surface area contributed by atoms with Crippen molar-refractivity contribution in [3.05, 3.63) is 147 Å². The number of fused-ring (bicyclic) bond motifs is 5. The molecule has 7 heteroatoms. The minimum absolute atomic E-state index is 0.0184. The van der Waals surface area contributed by atoms with Crippen LogP contribution in [0.1, 0.15) is 38.4 Å². The van der Waals surface area contributed by atoms with Crippen molar-refractivity contribution in [3.63, 3.8) is 0 Å². The van der Waals surface area contributed by atoms with Crippen molar-refractivity contribution in [2.24, 2.45) is 0 Å². The number of carbonyl (C=O) groups is 2. The van der Waals surface area contributed by atoms with Crippen LogP contribution in [-0.4, -0.2) is 16.7 Å². The second-order valence-corrected chi connectivity index (χ2v) is 10.2. The Labute approximate surface area is 228 Å². The summed E-state index contributed by atoms with van der Waals surface area (Å²) < 4.78 is 20.3. The first-order valence-electron chi connectivity index (χ1n) is 13.0. The van der Waals surface area contributed by atoms with Crippen molar-refractivity contribution in [2.75, 3.05) is 4.90 Å². The van der Waals surface area contributed by atoms with Crippen molar-refractivity contribution >= 4 is 28.5 Å². The van der Waals surface area contributed by atoms with Gasteiger partial charge in [-0.3, -0.25) is 14.4 Å². The van der Waals surface area contributed by atoms with Gasteiger partial charge in [0, 0.05) is 12.1 Å². The fourth-order valence-corrected chi connectivity index (χ4v) is 6.06. The fourth-order valence-electron chi connectivity index (χ4n) is 6.06. The summed E-state index contributed by atoms with van der Waals surface area (Å²) in [5.41, 5.74) is 1.50. The number of para-hydroxylation sites is 1. The largest absolute Gasteiger partial charge is 0.450 e. The first-order valence-corrected chi connectivity index (χ1v) is 13.0. The van der Waals surface area contributed by atoms with Gasteiger partial charge in [0.15, 0.2) is 11.0 Å². The lowest BCUT2D eigenvalue weighted by atomic mass is 9.83. The van der Waals surface area contributed by atoms with E-state index in [4.69, 9.17) is 4.42 Å². The lowest BCUT2D eigenvalue weighted by Crippen LogP contribution is -2.53. The number of hydrogen-bond donors (Lipinski definition) is 0. The molecule has 2 aliphatic rings. The molecule has 1 spiro atoms. The second-order valence-electron chi connectivity index (χ2n) is 10.2. The van der Waals surface area contributed by atoms with Crippen LogP contribution in [0.15, 0.2) is 106 Å². The van der Waals surface area contributed by atoms with Crippen molar-refractivity contribution in [1.82, 2.24) is 4.90 Å². The van der Waals surface area contributed by atoms with Crippen molar-refractivity contribution in [2.45, 2.75) is 25.6 Å². The molecule has 1 atom stereocenters. The Balaban J connectivity index is 1.53. The van der Waals surface area contributed by atoms with E-state index in [0.717, 1.165) is 22.8 Å². The molecule has 0 radical (unpaired) electrons. The summed E-state index contributed by atoms with van der Waals surface area (Å²) in [6, 6.07) is 27.9. The molecule has 1 unspecified atom stereocenters. The maximum Gasteiger partial charge on any atom is 0.291 e. The molecule has 7 rings (SSSR count). The minimum Gasteiger partial charge on any atom is -0.450 e. The highest BCUT2D eigenvalue weighted by Crippen LogP contribution is 2.53. The molecule has 0 N–H and O–H groups in total. The summed E-state index contributed by atoms with van der Waals surface area (Å²) in [5.74, 6) is -1.80. The lowest BCUT2D eigenvalue weighted by Gasteiger charge is -2.34. The van der Waals surface area contributed by atoms with Gasteiger partial charge in [-0.1, -0.05) is 72.8 Å². The quantitative estimate of drug-likeness (QED) is 0.300. The zero-order valence-electron chi connectivity index (χ0n) is 21.6. The highest BCUT2D eigenvalue weighted by Gasteiger charge is 2.65. The van der Waals surface area contributed by atoms with Crippen LogP contribution in [0.5, 0.6) is 0 Å². The van der Waals surface area contributed by atoms with Crippen LogP contribution in [0.2, 0.25) is 0 Å². The molecule has 196 valence electrons. The van der Waals surface area contributed by atoms with Crippen molar-refractivity contribution < 1.29 is 18.4 Å². The summed E-state index contributed by atoms with van der Waals surface area (Å²) in [5, 5.41) is -0.0184. The standard InChI is InChI=1S/C33H23FN2O4/c1-20-9-5-6-12-22(20)19-35-26-14-8-7-13-25(26)33(32(35)39)28-29(37)24-17-23(34)15-16-27(24)40-30(28)31(38)36(33)18-21-10-3-2-4-11-21/h2-17H,18-19H2,1H3. The van der Waals surface area contributed by atoms with Gasteiger partial charge in [-0.05, 0) is 47.9 Å². The number of hydrogen-bond acceptors (Lipinski definition) is 4. The third kappa shape index (κ3) is 3.24. The Morgan fingerprint density at radius 3 is 2.35 bits per heavy atom. The fraction of sp³-hybridized carbons (Fsp3) is 0.121. The molecule has 0 saturated carbocycles. The number of nitrogens with zero attached hydrogens (tertiary/aromatic N) is 2. The van der Waals surface area contributed by atoms with Crippen LogP contribution >= 0.6 is 0 Å². The Bertz CT molecular complexity index is 1920. The monoisotopic (exact) mass is 530 g/mol. The molecule has 2 aliphatic heterocycles. The lowest BCUT2D eigenvalue weighted by molar-refractivity contribution is -0.126. The van der Waals surface area contributed by atoms with Gasteiger partial charge < -0.3 is 14.2 Å². The number of benzene rings is 4. The molecule has 6 nitrogen and oxygen atoms in total. The molecule has 0 aliphatic carbocycles. The van der Waals surface area contributed by atoms with Crippen molar-refractivity contribution in [1.29, 1.82) is 0 Å². The number of aryl methyl sites for hydroxylation is 1. The molecule has 5 aromatic rings. The molecule has 2 amide bonds. The molecule has 4 aromatic carbocycles. The SMILES string of the molecule is Cc1ccccc1CN1C(=O)C2(c3ccccc31)c1c(oc3ccc(F)cc3c1=O)C(=O)N2Cc1ccccc1. The van der Waals surface area contributed by atoms with Crippen LogP contribution in [0.3, 0.4) is 0 Å². The van der Waals surface area contributed by atoms with E-state index in [0.29, 0.717) is 11.3 Å². The molecule has 0 fully saturated rings. The maximum atomic E-state index is 14.8. The average Bonchev–Trinajstić information content (AvgIpc) is 3.35. The Morgan fingerprint density at radius 1 is 0.825 bits per heavy atom. The number of carbonyl (C=O) groups excluding carboxylic acids is 2. The van der Waals surface area contributed by atoms with Crippen LogP contribution in [0.4, 0.5) is 10.1 Å². The summed E-state index contributed by atoms with van der Waals surface area (Å²) in [4.78, 5) is 46.2. The van der Waals surface area contributed by atoms with Gasteiger partial charge in [0.05, 0.1) is 23.2 Å². The molecule has 1 aromatic heterocycles. The van der Waals surface area contributed by atoms with E-state index in [1.807, 2.05) is 73.7 Å². The topological polar surface area (TPSA) is 70.8 Å². The Hall–Kier alpha value is -5.04. The van der Waals surface area contributed by atoms with E-state index in [2.05, 4.69) is 0 Å². The van der Waals surface area contributed by atoms with Gasteiger partial charge in [-0.15, -0.1) is 0 Å². The highest BCUT2D eigenvalue weighted by atomic mass is 19.1. The number of amides is 2. The third-order valence-corrected chi connectivity index (χ3v) is 7.97. The second kappa shape index (κ2) is 8.74. The first-order chi connectivity index (χ1) is 19.4. The van der Waals surface area contributed by atoms with E-state index in [9.17, 15) is 18.8 Å². The van der Waals surface area contributed by atoms with E-state index in [1.54, 1.807) is 17.0 Å². The van der Waals surface area contributed by atoms with Gasteiger partial charge in [0.25, 0.3) is 11.8 Å². The molecule has 0 bridgehead atoms. The van der Waals surface area contributed by atoms with Crippen LogP contribution < -0.4 is 10.3 Å². The predicted molar refractivity (Wildman–Crippen MR) is 148 cm³/mol. The molecule has 3 heterocycles. The summed E-state index contributed by atoms with van der Waals surface area (Å²) in [6.07, 6.45) is 0. The van der Waals surface area contributed by atoms with Crippen LogP contribution in [0, 0.1) is 12.7 Å². The number of rotatable bonds is 4. The Morgan fingerprint density at radius 2 is 1.55 bits per heavy atom. The van der Waals surface area contributed by atoms with Gasteiger partial charge in [-0.25, -0.2) is 4.39 Å². The van der Waals surface area contributed by atoms with E-state index in [-0.39, 0.29) is 35.4 Å². The number of anilines is 1. The van der Waals surface area contributed by atoms with Gasteiger partial charge in [-0.2, -0.15) is 0 Å². The summed E-state index contributed by atoms with van der Waals surface area (Å²) in [6.45, 7) is 2.29. The highest BCUT2D eigenvalue weighted by molar-refractivity contribution is 6.17. The first kappa shape index (κ1) is 24.0. The normalized spacial score (nSPS) is 17.6. The van der Waals surface area contributed by atoms with Gasteiger partial charge in [0.2, 0.25) is 5.76 Å². The third-order valence-electron chi connectivity index (χ3n) is 7.97. The van der Waals surface area contributed by atoms with Crippen LogP contribution in [-0.2, 0) is 23.4 Å². The maximum absolute atomic E-state index is 14.8. The molecule has 40 heavy (non-hydrogen) atoms. The summed E-state index contributed by atoms with van der Waals surface area (Å²) in [7, 11) is 0. The van der Waals surface area contributed by atoms with Crippen molar-refractivity contribution in [3.8, 4) is 0 Å². The molecular formula is C33H23FN2O4. The summed E-state index contributed by atoms with van der Waals surface area (Å²) >= 11 is 0.